The molecule has 24 heavy (non-hydrogen) atoms. The summed E-state index contributed by atoms with van der Waals surface area (Å²) in [6.07, 6.45) is 1.21. The number of hydrogen-bond acceptors (Lipinski definition) is 4. The van der Waals surface area contributed by atoms with Crippen LogP contribution in [0.4, 0.5) is 0 Å². The Balaban J connectivity index is 1.72. The van der Waals surface area contributed by atoms with E-state index in [0.29, 0.717) is 36.2 Å². The maximum absolute atomic E-state index is 12.4. The molecule has 1 aromatic carbocycles. The van der Waals surface area contributed by atoms with Crippen LogP contribution in [0.3, 0.4) is 0 Å². The molecule has 0 radical (unpaired) electrons. The number of para-hydroxylation sites is 1. The van der Waals surface area contributed by atoms with Gasteiger partial charge in [0.05, 0.1) is 17.4 Å². The summed E-state index contributed by atoms with van der Waals surface area (Å²) < 4.78 is 0. The van der Waals surface area contributed by atoms with Crippen LogP contribution in [0.25, 0.3) is 10.9 Å². The molecular weight excluding hydrogens is 322 g/mol. The van der Waals surface area contributed by atoms with Gasteiger partial charge in [-0.2, -0.15) is 0 Å². The fraction of sp³-hybridized carbons (Fsp3) is 0.278. The average molecular weight is 341 g/mol. The topological polar surface area (TPSA) is 66.1 Å². The van der Waals surface area contributed by atoms with Crippen molar-refractivity contribution in [1.29, 1.82) is 0 Å². The number of benzene rings is 1. The number of aromatic nitrogens is 2. The van der Waals surface area contributed by atoms with E-state index in [-0.39, 0.29) is 11.5 Å². The van der Waals surface area contributed by atoms with E-state index in [1.807, 2.05) is 42.6 Å². The first-order chi connectivity index (χ1) is 11.7. The van der Waals surface area contributed by atoms with Crippen LogP contribution in [0.15, 0.2) is 46.6 Å². The molecule has 124 valence electrons. The molecule has 0 saturated carbocycles. The number of hydrogen-bond donors (Lipinski definition) is 1. The predicted octanol–water partition coefficient (Wildman–Crippen LogP) is 2.97. The van der Waals surface area contributed by atoms with Gasteiger partial charge in [0.25, 0.3) is 5.56 Å². The Morgan fingerprint density at radius 2 is 2.08 bits per heavy atom. The Morgan fingerprint density at radius 3 is 2.83 bits per heavy atom. The lowest BCUT2D eigenvalue weighted by Crippen LogP contribution is -2.32. The monoisotopic (exact) mass is 341 g/mol. The highest BCUT2D eigenvalue weighted by atomic mass is 32.1. The summed E-state index contributed by atoms with van der Waals surface area (Å²) in [6, 6.07) is 11.2. The molecule has 2 aromatic heterocycles. The molecule has 0 spiro atoms. The third kappa shape index (κ3) is 3.71. The SMILES string of the molecule is CCN(Cc1nc2ccccc2c(=O)[nH]1)C(=O)CCc1cccs1. The summed E-state index contributed by atoms with van der Waals surface area (Å²) in [7, 11) is 0. The second-order valence-electron chi connectivity index (χ2n) is 5.52. The summed E-state index contributed by atoms with van der Waals surface area (Å²) in [4.78, 5) is 34.7. The fourth-order valence-corrected chi connectivity index (χ4v) is 3.32. The van der Waals surface area contributed by atoms with Crippen LogP contribution in [-0.2, 0) is 17.8 Å². The zero-order chi connectivity index (χ0) is 16.9. The lowest BCUT2D eigenvalue weighted by molar-refractivity contribution is -0.131. The zero-order valence-corrected chi connectivity index (χ0v) is 14.3. The highest BCUT2D eigenvalue weighted by Gasteiger charge is 2.14. The van der Waals surface area contributed by atoms with Crippen molar-refractivity contribution in [3.05, 3.63) is 62.8 Å². The lowest BCUT2D eigenvalue weighted by Gasteiger charge is -2.20. The number of rotatable bonds is 6. The Hall–Kier alpha value is -2.47. The Kier molecular flexibility index (Phi) is 5.05. The molecule has 1 amide bonds. The number of nitrogens with zero attached hydrogens (tertiary/aromatic N) is 2. The summed E-state index contributed by atoms with van der Waals surface area (Å²) in [6.45, 7) is 2.84. The Bertz CT molecular complexity index is 887. The van der Waals surface area contributed by atoms with E-state index in [0.717, 1.165) is 6.42 Å². The second kappa shape index (κ2) is 7.40. The van der Waals surface area contributed by atoms with Crippen LogP contribution in [0.2, 0.25) is 0 Å². The van der Waals surface area contributed by atoms with Gasteiger partial charge in [-0.05, 0) is 36.9 Å². The molecule has 0 aliphatic carbocycles. The Labute approximate surface area is 144 Å². The number of fused-ring (bicyclic) bond motifs is 1. The third-order valence-electron chi connectivity index (χ3n) is 3.90. The third-order valence-corrected chi connectivity index (χ3v) is 4.84. The number of H-pyrrole nitrogens is 1. The van der Waals surface area contributed by atoms with Crippen LogP contribution in [0.5, 0.6) is 0 Å². The van der Waals surface area contributed by atoms with Crippen LogP contribution < -0.4 is 5.56 Å². The first kappa shape index (κ1) is 16.4. The van der Waals surface area contributed by atoms with E-state index in [1.165, 1.54) is 4.88 Å². The Morgan fingerprint density at radius 1 is 1.25 bits per heavy atom. The van der Waals surface area contributed by atoms with Gasteiger partial charge in [0.2, 0.25) is 5.91 Å². The lowest BCUT2D eigenvalue weighted by atomic mass is 10.2. The van der Waals surface area contributed by atoms with Gasteiger partial charge in [0.1, 0.15) is 5.82 Å². The van der Waals surface area contributed by atoms with Crippen molar-refractivity contribution in [2.24, 2.45) is 0 Å². The number of carbonyl (C=O) groups excluding carboxylic acids is 1. The summed E-state index contributed by atoms with van der Waals surface area (Å²) in [5.41, 5.74) is 0.482. The summed E-state index contributed by atoms with van der Waals surface area (Å²) in [5, 5.41) is 2.58. The average Bonchev–Trinajstić information content (AvgIpc) is 3.11. The van der Waals surface area contributed by atoms with Crippen LogP contribution in [0.1, 0.15) is 24.0 Å². The fourth-order valence-electron chi connectivity index (χ4n) is 2.61. The number of thiophene rings is 1. The van der Waals surface area contributed by atoms with Gasteiger partial charge in [-0.15, -0.1) is 11.3 Å². The molecule has 0 aliphatic heterocycles. The minimum absolute atomic E-state index is 0.0710. The van der Waals surface area contributed by atoms with Crippen LogP contribution in [-0.4, -0.2) is 27.3 Å². The van der Waals surface area contributed by atoms with E-state index in [4.69, 9.17) is 0 Å². The molecule has 0 unspecified atom stereocenters. The minimum atomic E-state index is -0.169. The van der Waals surface area contributed by atoms with Crippen molar-refractivity contribution in [2.45, 2.75) is 26.3 Å². The first-order valence-corrected chi connectivity index (χ1v) is 8.83. The van der Waals surface area contributed by atoms with E-state index >= 15 is 0 Å². The van der Waals surface area contributed by atoms with Crippen molar-refractivity contribution in [3.8, 4) is 0 Å². The highest BCUT2D eigenvalue weighted by molar-refractivity contribution is 7.09. The normalized spacial score (nSPS) is 10.9. The molecule has 0 aliphatic rings. The number of carbonyl (C=O) groups is 1. The zero-order valence-electron chi connectivity index (χ0n) is 13.5. The van der Waals surface area contributed by atoms with E-state index in [9.17, 15) is 9.59 Å². The molecule has 3 rings (SSSR count). The van der Waals surface area contributed by atoms with Crippen molar-refractivity contribution in [3.63, 3.8) is 0 Å². The van der Waals surface area contributed by atoms with Crippen molar-refractivity contribution in [1.82, 2.24) is 14.9 Å². The number of aromatic amines is 1. The molecule has 0 bridgehead atoms. The van der Waals surface area contributed by atoms with Gasteiger partial charge in [-0.25, -0.2) is 4.98 Å². The number of amides is 1. The van der Waals surface area contributed by atoms with Gasteiger partial charge < -0.3 is 9.88 Å². The van der Waals surface area contributed by atoms with Crippen LogP contribution in [0, 0.1) is 0 Å². The smallest absolute Gasteiger partial charge is 0.258 e. The maximum Gasteiger partial charge on any atom is 0.258 e. The maximum atomic E-state index is 12.4. The van der Waals surface area contributed by atoms with Crippen molar-refractivity contribution in [2.75, 3.05) is 6.54 Å². The number of aryl methyl sites for hydroxylation is 1. The first-order valence-electron chi connectivity index (χ1n) is 7.95. The van der Waals surface area contributed by atoms with Gasteiger partial charge in [-0.1, -0.05) is 18.2 Å². The van der Waals surface area contributed by atoms with Gasteiger partial charge in [0.15, 0.2) is 0 Å². The second-order valence-corrected chi connectivity index (χ2v) is 6.55. The van der Waals surface area contributed by atoms with Crippen molar-refractivity contribution >= 4 is 28.1 Å². The van der Waals surface area contributed by atoms with Crippen molar-refractivity contribution < 1.29 is 4.79 Å². The van der Waals surface area contributed by atoms with E-state index in [1.54, 1.807) is 22.3 Å². The largest absolute Gasteiger partial charge is 0.335 e. The predicted molar refractivity (Wildman–Crippen MR) is 96.1 cm³/mol. The molecule has 2 heterocycles. The van der Waals surface area contributed by atoms with Gasteiger partial charge >= 0.3 is 0 Å². The molecule has 5 nitrogen and oxygen atoms in total. The summed E-state index contributed by atoms with van der Waals surface area (Å²) >= 11 is 1.66. The van der Waals surface area contributed by atoms with Gasteiger partial charge in [0, 0.05) is 17.8 Å². The standard InChI is InChI=1S/C18H19N3O2S/c1-2-21(17(22)10-9-13-6-5-11-24-13)12-16-19-15-8-4-3-7-14(15)18(23)20-16/h3-8,11H,2,9-10,12H2,1H3,(H,19,20,23). The van der Waals surface area contributed by atoms with Crippen LogP contribution >= 0.6 is 11.3 Å². The van der Waals surface area contributed by atoms with E-state index in [2.05, 4.69) is 9.97 Å². The molecular formula is C18H19N3O2S. The van der Waals surface area contributed by atoms with Gasteiger partial charge in [-0.3, -0.25) is 9.59 Å². The molecule has 3 aromatic rings. The number of nitrogens with one attached hydrogen (secondary N) is 1. The minimum Gasteiger partial charge on any atom is -0.335 e. The van der Waals surface area contributed by atoms with E-state index < -0.39 is 0 Å². The molecule has 6 heteroatoms. The molecule has 0 fully saturated rings. The highest BCUT2D eigenvalue weighted by Crippen LogP contribution is 2.13. The summed E-state index contributed by atoms with van der Waals surface area (Å²) in [5.74, 6) is 0.590. The quantitative estimate of drug-likeness (QED) is 0.749. The molecule has 0 atom stereocenters. The molecule has 0 saturated heterocycles. The molecule has 1 N–H and O–H groups in total.